The number of piperazine rings is 1. The molecular formula is C21H17FN6O2. The number of carbonyl (C=O) groups excluding carboxylic acids is 2. The Morgan fingerprint density at radius 1 is 1.00 bits per heavy atom. The van der Waals surface area contributed by atoms with Crippen molar-refractivity contribution >= 4 is 11.8 Å². The molecular weight excluding hydrogens is 387 g/mol. The molecule has 1 aromatic carbocycles. The molecule has 30 heavy (non-hydrogen) atoms. The maximum Gasteiger partial charge on any atom is 0.272 e. The molecule has 0 radical (unpaired) electrons. The van der Waals surface area contributed by atoms with Gasteiger partial charge in [0, 0.05) is 44.1 Å². The molecule has 3 heterocycles. The Labute approximate surface area is 171 Å². The lowest BCUT2D eigenvalue weighted by Gasteiger charge is -2.34. The van der Waals surface area contributed by atoms with E-state index in [1.54, 1.807) is 35.5 Å². The largest absolute Gasteiger partial charge is 0.335 e. The van der Waals surface area contributed by atoms with Crippen LogP contribution in [0.5, 0.6) is 0 Å². The van der Waals surface area contributed by atoms with Crippen LogP contribution in [0.2, 0.25) is 0 Å². The van der Waals surface area contributed by atoms with Gasteiger partial charge in [-0.1, -0.05) is 0 Å². The number of hydrogen-bond acceptors (Lipinski definition) is 5. The fourth-order valence-corrected chi connectivity index (χ4v) is 3.31. The van der Waals surface area contributed by atoms with Gasteiger partial charge in [-0.15, -0.1) is 0 Å². The summed E-state index contributed by atoms with van der Waals surface area (Å²) in [5.74, 6) is -1.39. The van der Waals surface area contributed by atoms with Gasteiger partial charge in [-0.2, -0.15) is 10.4 Å². The third kappa shape index (κ3) is 3.75. The number of hydrogen-bond donors (Lipinski definition) is 1. The minimum atomic E-state index is -0.723. The highest BCUT2D eigenvalue weighted by atomic mass is 19.1. The monoisotopic (exact) mass is 404 g/mol. The number of pyridine rings is 1. The van der Waals surface area contributed by atoms with Crippen molar-refractivity contribution in [3.05, 3.63) is 71.4 Å². The maximum absolute atomic E-state index is 14.1. The number of halogens is 1. The van der Waals surface area contributed by atoms with E-state index in [1.807, 2.05) is 6.07 Å². The first-order valence-electron chi connectivity index (χ1n) is 9.31. The molecule has 1 fully saturated rings. The predicted molar refractivity (Wildman–Crippen MR) is 105 cm³/mol. The Hall–Kier alpha value is -4.06. The van der Waals surface area contributed by atoms with Gasteiger partial charge in [-0.3, -0.25) is 19.7 Å². The van der Waals surface area contributed by atoms with Crippen LogP contribution in [0.3, 0.4) is 0 Å². The number of amides is 2. The third-order valence-corrected chi connectivity index (χ3v) is 4.97. The number of carbonyl (C=O) groups is 2. The van der Waals surface area contributed by atoms with Crippen LogP contribution in [0, 0.1) is 17.1 Å². The summed E-state index contributed by atoms with van der Waals surface area (Å²) in [6, 6.07) is 10.9. The Balaban J connectivity index is 1.40. The second-order valence-corrected chi connectivity index (χ2v) is 6.79. The second-order valence-electron chi connectivity index (χ2n) is 6.79. The summed E-state index contributed by atoms with van der Waals surface area (Å²) in [6.45, 7) is 1.23. The zero-order valence-corrected chi connectivity index (χ0v) is 15.9. The van der Waals surface area contributed by atoms with Crippen molar-refractivity contribution in [2.24, 2.45) is 0 Å². The van der Waals surface area contributed by atoms with Crippen LogP contribution in [0.1, 0.15) is 26.4 Å². The van der Waals surface area contributed by atoms with Crippen LogP contribution >= 0.6 is 0 Å². The number of benzene rings is 1. The van der Waals surface area contributed by atoms with Crippen LogP contribution in [0.15, 0.2) is 48.8 Å². The summed E-state index contributed by atoms with van der Waals surface area (Å²) in [7, 11) is 0. The molecule has 150 valence electrons. The first-order chi connectivity index (χ1) is 14.6. The fourth-order valence-electron chi connectivity index (χ4n) is 3.31. The molecule has 8 nitrogen and oxygen atoms in total. The average molecular weight is 404 g/mol. The quantitative estimate of drug-likeness (QED) is 0.719. The summed E-state index contributed by atoms with van der Waals surface area (Å²) in [5.41, 5.74) is 1.93. The molecule has 0 saturated carbocycles. The van der Waals surface area contributed by atoms with E-state index < -0.39 is 11.7 Å². The van der Waals surface area contributed by atoms with E-state index in [2.05, 4.69) is 15.2 Å². The molecule has 1 aliphatic rings. The number of aromatic nitrogens is 3. The predicted octanol–water partition coefficient (Wildman–Crippen LogP) is 2.08. The van der Waals surface area contributed by atoms with Crippen molar-refractivity contribution < 1.29 is 14.0 Å². The van der Waals surface area contributed by atoms with E-state index >= 15 is 0 Å². The highest BCUT2D eigenvalue weighted by molar-refractivity contribution is 5.96. The summed E-state index contributed by atoms with van der Waals surface area (Å²) < 4.78 is 14.1. The van der Waals surface area contributed by atoms with Crippen LogP contribution in [0.25, 0.3) is 11.3 Å². The number of nitriles is 1. The maximum atomic E-state index is 14.1. The molecule has 1 aliphatic heterocycles. The van der Waals surface area contributed by atoms with Gasteiger partial charge in [0.2, 0.25) is 0 Å². The molecule has 3 aromatic rings. The third-order valence-electron chi connectivity index (χ3n) is 4.97. The van der Waals surface area contributed by atoms with Crippen LogP contribution in [-0.2, 0) is 0 Å². The van der Waals surface area contributed by atoms with E-state index in [4.69, 9.17) is 5.26 Å². The lowest BCUT2D eigenvalue weighted by atomic mass is 10.1. The highest BCUT2D eigenvalue weighted by Crippen LogP contribution is 2.18. The molecule has 1 N–H and O–H groups in total. The molecule has 4 rings (SSSR count). The van der Waals surface area contributed by atoms with Crippen LogP contribution in [-0.4, -0.2) is 63.0 Å². The Kier molecular flexibility index (Phi) is 5.22. The van der Waals surface area contributed by atoms with Crippen LogP contribution < -0.4 is 0 Å². The zero-order valence-electron chi connectivity index (χ0n) is 15.9. The number of aromatic amines is 1. The summed E-state index contributed by atoms with van der Waals surface area (Å²) in [5, 5.41) is 15.8. The Morgan fingerprint density at radius 2 is 1.67 bits per heavy atom. The molecule has 0 spiro atoms. The number of rotatable bonds is 3. The summed E-state index contributed by atoms with van der Waals surface area (Å²) in [6.07, 6.45) is 3.30. The molecule has 2 amide bonds. The van der Waals surface area contributed by atoms with E-state index in [1.165, 1.54) is 17.0 Å². The first-order valence-corrected chi connectivity index (χ1v) is 9.31. The van der Waals surface area contributed by atoms with Crippen molar-refractivity contribution in [1.82, 2.24) is 25.0 Å². The molecule has 1 saturated heterocycles. The average Bonchev–Trinajstić information content (AvgIpc) is 3.29. The van der Waals surface area contributed by atoms with Crippen molar-refractivity contribution in [2.45, 2.75) is 0 Å². The SMILES string of the molecule is N#Cc1ccc(C(=O)N2CCN(C(=O)c3cc(-c4ccncc4)n[nH]3)CC2)c(F)c1. The lowest BCUT2D eigenvalue weighted by Crippen LogP contribution is -2.50. The first kappa shape index (κ1) is 19.3. The summed E-state index contributed by atoms with van der Waals surface area (Å²) >= 11 is 0. The second kappa shape index (κ2) is 8.13. The van der Waals surface area contributed by atoms with Gasteiger partial charge in [-0.25, -0.2) is 4.39 Å². The smallest absolute Gasteiger partial charge is 0.272 e. The Morgan fingerprint density at radius 3 is 2.30 bits per heavy atom. The number of H-pyrrole nitrogens is 1. The van der Waals surface area contributed by atoms with Gasteiger partial charge in [0.05, 0.1) is 22.9 Å². The molecule has 0 bridgehead atoms. The van der Waals surface area contributed by atoms with E-state index in [-0.39, 0.29) is 30.1 Å². The molecule has 0 unspecified atom stereocenters. The van der Waals surface area contributed by atoms with Gasteiger partial charge >= 0.3 is 0 Å². The van der Waals surface area contributed by atoms with E-state index in [0.29, 0.717) is 24.5 Å². The number of nitrogens with one attached hydrogen (secondary N) is 1. The Bertz CT molecular complexity index is 1130. The fraction of sp³-hybridized carbons (Fsp3) is 0.190. The highest BCUT2D eigenvalue weighted by Gasteiger charge is 2.27. The van der Waals surface area contributed by atoms with Gasteiger partial charge in [0.1, 0.15) is 11.5 Å². The minimum absolute atomic E-state index is 0.0793. The molecule has 2 aromatic heterocycles. The topological polar surface area (TPSA) is 106 Å². The minimum Gasteiger partial charge on any atom is -0.335 e. The normalized spacial score (nSPS) is 13.7. The van der Waals surface area contributed by atoms with Gasteiger partial charge < -0.3 is 9.80 Å². The van der Waals surface area contributed by atoms with E-state index in [0.717, 1.165) is 11.6 Å². The standard InChI is InChI=1S/C21H17FN6O2/c22-17-11-14(13-23)1-2-16(17)20(29)27-7-9-28(10-8-27)21(30)19-12-18(25-26-19)15-3-5-24-6-4-15/h1-6,11-12H,7-10H2,(H,25,26). The van der Waals surface area contributed by atoms with Gasteiger partial charge in [0.25, 0.3) is 11.8 Å². The lowest BCUT2D eigenvalue weighted by molar-refractivity contribution is 0.0529. The van der Waals surface area contributed by atoms with Crippen molar-refractivity contribution in [3.63, 3.8) is 0 Å². The zero-order chi connectivity index (χ0) is 21.1. The molecule has 0 aliphatic carbocycles. The number of nitrogens with zero attached hydrogens (tertiary/aromatic N) is 5. The van der Waals surface area contributed by atoms with Gasteiger partial charge in [0.15, 0.2) is 0 Å². The molecule has 9 heteroatoms. The summed E-state index contributed by atoms with van der Waals surface area (Å²) in [4.78, 5) is 32.5. The van der Waals surface area contributed by atoms with Crippen LogP contribution in [0.4, 0.5) is 4.39 Å². The van der Waals surface area contributed by atoms with Crippen molar-refractivity contribution in [2.75, 3.05) is 26.2 Å². The van der Waals surface area contributed by atoms with E-state index in [9.17, 15) is 14.0 Å². The van der Waals surface area contributed by atoms with Gasteiger partial charge in [-0.05, 0) is 36.4 Å². The van der Waals surface area contributed by atoms with Crippen molar-refractivity contribution in [1.29, 1.82) is 5.26 Å². The van der Waals surface area contributed by atoms with Crippen molar-refractivity contribution in [3.8, 4) is 17.3 Å². The molecule has 0 atom stereocenters.